The third kappa shape index (κ3) is 5.96. The second-order valence-electron chi connectivity index (χ2n) is 6.68. The van der Waals surface area contributed by atoms with Gasteiger partial charge < -0.3 is 9.47 Å². The summed E-state index contributed by atoms with van der Waals surface area (Å²) >= 11 is 1.25. The van der Waals surface area contributed by atoms with Crippen LogP contribution in [-0.2, 0) is 14.3 Å². The van der Waals surface area contributed by atoms with Gasteiger partial charge in [0.1, 0.15) is 5.60 Å². The van der Waals surface area contributed by atoms with E-state index in [1.807, 2.05) is 6.08 Å². The second-order valence-corrected chi connectivity index (χ2v) is 7.54. The Kier molecular flexibility index (Phi) is 5.99. The van der Waals surface area contributed by atoms with Crippen molar-refractivity contribution in [3.8, 4) is 0 Å². The van der Waals surface area contributed by atoms with Crippen molar-refractivity contribution in [2.24, 2.45) is 5.92 Å². The summed E-state index contributed by atoms with van der Waals surface area (Å²) in [5.74, 6) is 0.277. The molecule has 7 heteroatoms. The molecule has 0 atom stereocenters. The molecule has 1 aliphatic carbocycles. The lowest BCUT2D eigenvalue weighted by molar-refractivity contribution is -0.136. The molecule has 1 amide bonds. The first-order valence-corrected chi connectivity index (χ1v) is 8.99. The van der Waals surface area contributed by atoms with Gasteiger partial charge >= 0.3 is 12.1 Å². The molecule has 2 rings (SSSR count). The number of nitrogens with zero attached hydrogens (tertiary/aromatic N) is 1. The van der Waals surface area contributed by atoms with Crippen LogP contribution in [0.2, 0.25) is 0 Å². The molecule has 132 valence electrons. The third-order valence-corrected chi connectivity index (χ3v) is 3.99. The number of thiazole rings is 1. The van der Waals surface area contributed by atoms with E-state index in [9.17, 15) is 9.59 Å². The van der Waals surface area contributed by atoms with Crippen LogP contribution in [0.5, 0.6) is 0 Å². The fraction of sp³-hybridized carbons (Fsp3) is 0.588. The van der Waals surface area contributed by atoms with Crippen molar-refractivity contribution >= 4 is 34.1 Å². The number of esters is 1. The largest absolute Gasteiger partial charge is 0.462 e. The Morgan fingerprint density at radius 3 is 2.71 bits per heavy atom. The van der Waals surface area contributed by atoms with E-state index in [1.165, 1.54) is 24.2 Å². The molecule has 0 spiro atoms. The van der Waals surface area contributed by atoms with Gasteiger partial charge in [-0.05, 0) is 52.9 Å². The van der Waals surface area contributed by atoms with Gasteiger partial charge in [0.05, 0.1) is 17.9 Å². The van der Waals surface area contributed by atoms with Crippen molar-refractivity contribution in [3.05, 3.63) is 17.2 Å². The maximum atomic E-state index is 12.2. The number of allylic oxidation sites excluding steroid dienone is 1. The molecule has 0 unspecified atom stereocenters. The van der Waals surface area contributed by atoms with Crippen molar-refractivity contribution in [1.82, 2.24) is 4.98 Å². The molecule has 1 heterocycles. The second kappa shape index (κ2) is 7.79. The maximum absolute atomic E-state index is 12.2. The summed E-state index contributed by atoms with van der Waals surface area (Å²) in [5, 5.41) is 4.72. The Morgan fingerprint density at radius 2 is 2.12 bits per heavy atom. The number of ether oxygens (including phenoxy) is 2. The summed E-state index contributed by atoms with van der Waals surface area (Å²) < 4.78 is 10.3. The summed E-state index contributed by atoms with van der Waals surface area (Å²) in [7, 11) is 0. The van der Waals surface area contributed by atoms with Gasteiger partial charge in [-0.15, -0.1) is 11.3 Å². The molecule has 1 aromatic heterocycles. The van der Waals surface area contributed by atoms with Crippen molar-refractivity contribution in [1.29, 1.82) is 0 Å². The zero-order chi connectivity index (χ0) is 17.7. The van der Waals surface area contributed by atoms with Crippen molar-refractivity contribution < 1.29 is 19.1 Å². The highest BCUT2D eigenvalue weighted by Crippen LogP contribution is 2.34. The third-order valence-electron chi connectivity index (χ3n) is 3.24. The lowest BCUT2D eigenvalue weighted by Crippen LogP contribution is -2.27. The van der Waals surface area contributed by atoms with Crippen LogP contribution in [-0.4, -0.2) is 29.3 Å². The number of rotatable bonds is 6. The monoisotopic (exact) mass is 352 g/mol. The first-order valence-electron chi connectivity index (χ1n) is 8.11. The molecule has 1 N–H and O–H groups in total. The van der Waals surface area contributed by atoms with E-state index >= 15 is 0 Å². The minimum absolute atomic E-state index is 0.312. The Labute approximate surface area is 146 Å². The van der Waals surface area contributed by atoms with Gasteiger partial charge in [-0.25, -0.2) is 14.6 Å². The Balaban J connectivity index is 2.07. The SMILES string of the molecule is CCOC(=O)/C(=C\CC1CC1)c1csc(NC(=O)OC(C)(C)C)n1. The van der Waals surface area contributed by atoms with Crippen LogP contribution in [0.1, 0.15) is 52.7 Å². The standard InChI is InChI=1S/C17H24N2O4S/c1-5-22-14(20)12(9-8-11-6-7-11)13-10-24-15(18-13)19-16(21)23-17(2,3)4/h9-11H,5-8H2,1-4H3,(H,18,19,21)/b12-9-. The fourth-order valence-corrected chi connectivity index (χ4v) is 2.68. The molecule has 0 saturated heterocycles. The highest BCUT2D eigenvalue weighted by atomic mass is 32.1. The van der Waals surface area contributed by atoms with Crippen molar-refractivity contribution in [3.63, 3.8) is 0 Å². The predicted octanol–water partition coefficient (Wildman–Crippen LogP) is 4.24. The van der Waals surface area contributed by atoms with Crippen LogP contribution in [0.15, 0.2) is 11.5 Å². The van der Waals surface area contributed by atoms with Crippen LogP contribution in [0, 0.1) is 5.92 Å². The number of aromatic nitrogens is 1. The minimum Gasteiger partial charge on any atom is -0.462 e. The summed E-state index contributed by atoms with van der Waals surface area (Å²) in [6, 6.07) is 0. The van der Waals surface area contributed by atoms with Gasteiger partial charge in [0, 0.05) is 5.38 Å². The molecular weight excluding hydrogens is 328 g/mol. The maximum Gasteiger partial charge on any atom is 0.413 e. The number of carbonyl (C=O) groups is 2. The van der Waals surface area contributed by atoms with Crippen LogP contribution < -0.4 is 5.32 Å². The van der Waals surface area contributed by atoms with E-state index in [-0.39, 0.29) is 5.97 Å². The summed E-state index contributed by atoms with van der Waals surface area (Å²) in [6.07, 6.45) is 4.58. The number of hydrogen-bond acceptors (Lipinski definition) is 6. The Bertz CT molecular complexity index is 627. The number of hydrogen-bond donors (Lipinski definition) is 1. The van der Waals surface area contributed by atoms with E-state index in [0.717, 1.165) is 6.42 Å². The van der Waals surface area contributed by atoms with E-state index in [2.05, 4.69) is 10.3 Å². The topological polar surface area (TPSA) is 77.5 Å². The molecule has 0 bridgehead atoms. The average Bonchev–Trinajstić information content (AvgIpc) is 3.17. The van der Waals surface area contributed by atoms with Gasteiger partial charge in [-0.3, -0.25) is 5.32 Å². The van der Waals surface area contributed by atoms with E-state index < -0.39 is 11.7 Å². The van der Waals surface area contributed by atoms with Gasteiger partial charge in [-0.1, -0.05) is 6.08 Å². The van der Waals surface area contributed by atoms with E-state index in [0.29, 0.717) is 28.9 Å². The van der Waals surface area contributed by atoms with Crippen LogP contribution in [0.3, 0.4) is 0 Å². The van der Waals surface area contributed by atoms with Crippen molar-refractivity contribution in [2.75, 3.05) is 11.9 Å². The molecule has 1 aliphatic rings. The molecule has 24 heavy (non-hydrogen) atoms. The highest BCUT2D eigenvalue weighted by molar-refractivity contribution is 7.14. The molecule has 0 aromatic carbocycles. The highest BCUT2D eigenvalue weighted by Gasteiger charge is 2.23. The Hall–Kier alpha value is -1.89. The van der Waals surface area contributed by atoms with Crippen LogP contribution in [0.25, 0.3) is 5.57 Å². The molecule has 1 aromatic rings. The first-order chi connectivity index (χ1) is 11.3. The van der Waals surface area contributed by atoms with Gasteiger partial charge in [-0.2, -0.15) is 0 Å². The summed E-state index contributed by atoms with van der Waals surface area (Å²) in [4.78, 5) is 28.3. The summed E-state index contributed by atoms with van der Waals surface area (Å²) in [6.45, 7) is 7.46. The molecular formula is C17H24N2O4S. The molecule has 1 fully saturated rings. The Morgan fingerprint density at radius 1 is 1.42 bits per heavy atom. The number of amides is 1. The van der Waals surface area contributed by atoms with E-state index in [4.69, 9.17) is 9.47 Å². The van der Waals surface area contributed by atoms with Crippen LogP contribution >= 0.6 is 11.3 Å². The zero-order valence-corrected chi connectivity index (χ0v) is 15.4. The molecule has 0 radical (unpaired) electrons. The minimum atomic E-state index is -0.579. The number of anilines is 1. The fourth-order valence-electron chi connectivity index (χ4n) is 1.99. The van der Waals surface area contributed by atoms with Gasteiger partial charge in [0.2, 0.25) is 0 Å². The van der Waals surface area contributed by atoms with E-state index in [1.54, 1.807) is 33.1 Å². The number of carbonyl (C=O) groups excluding carboxylic acids is 2. The predicted molar refractivity (Wildman–Crippen MR) is 93.9 cm³/mol. The van der Waals surface area contributed by atoms with Gasteiger partial charge in [0.25, 0.3) is 0 Å². The summed E-state index contributed by atoms with van der Waals surface area (Å²) in [5.41, 5.74) is 0.396. The quantitative estimate of drug-likeness (QED) is 0.612. The lowest BCUT2D eigenvalue weighted by atomic mass is 10.1. The number of nitrogens with one attached hydrogen (secondary N) is 1. The zero-order valence-electron chi connectivity index (χ0n) is 14.5. The molecule has 6 nitrogen and oxygen atoms in total. The smallest absolute Gasteiger partial charge is 0.413 e. The van der Waals surface area contributed by atoms with Crippen molar-refractivity contribution in [2.45, 2.75) is 52.6 Å². The average molecular weight is 352 g/mol. The molecule has 1 saturated carbocycles. The molecule has 0 aliphatic heterocycles. The normalized spacial score (nSPS) is 15.1. The lowest BCUT2D eigenvalue weighted by Gasteiger charge is -2.18. The first kappa shape index (κ1) is 18.4. The van der Waals surface area contributed by atoms with Crippen LogP contribution in [0.4, 0.5) is 9.93 Å². The van der Waals surface area contributed by atoms with Gasteiger partial charge in [0.15, 0.2) is 5.13 Å².